The smallest absolute Gasteiger partial charge is 0.205 e. The molecule has 0 aliphatic carbocycles. The molecule has 13 heavy (non-hydrogen) atoms. The fourth-order valence-electron chi connectivity index (χ4n) is 0.807. The average molecular weight is 214 g/mol. The first-order valence-electron chi connectivity index (χ1n) is 4.15. The van der Waals surface area contributed by atoms with Crippen molar-refractivity contribution >= 4 is 19.4 Å². The van der Waals surface area contributed by atoms with Gasteiger partial charge in [0.15, 0.2) is 11.1 Å². The third kappa shape index (κ3) is 3.84. The lowest BCUT2D eigenvalue weighted by Crippen LogP contribution is -2.26. The fourth-order valence-corrected chi connectivity index (χ4v) is 3.39. The molecule has 4 heteroatoms. The fraction of sp³-hybridized carbons (Fsp3) is 0.333. The van der Waals surface area contributed by atoms with Gasteiger partial charge in [-0.25, -0.2) is 4.21 Å². The van der Waals surface area contributed by atoms with E-state index in [1.165, 1.54) is 0 Å². The van der Waals surface area contributed by atoms with Gasteiger partial charge in [-0.15, -0.1) is 0 Å². The maximum Gasteiger partial charge on any atom is 0.205 e. The lowest BCUT2D eigenvalue weighted by Gasteiger charge is -2.15. The molecule has 0 spiro atoms. The van der Waals surface area contributed by atoms with Gasteiger partial charge < -0.3 is 3.87 Å². The largest absolute Gasteiger partial charge is 0.332 e. The Kier molecular flexibility index (Phi) is 3.41. The third-order valence-electron chi connectivity index (χ3n) is 1.26. The third-order valence-corrected chi connectivity index (χ3v) is 4.52. The normalized spacial score (nSPS) is 14.1. The van der Waals surface area contributed by atoms with Crippen molar-refractivity contribution < 1.29 is 8.08 Å². The zero-order valence-electron chi connectivity index (χ0n) is 8.11. The first-order valence-corrected chi connectivity index (χ1v) is 8.64. The molecule has 0 fully saturated rings. The van der Waals surface area contributed by atoms with Gasteiger partial charge in [0.05, 0.1) is 4.90 Å². The summed E-state index contributed by atoms with van der Waals surface area (Å²) in [5, 5.41) is 0. The van der Waals surface area contributed by atoms with E-state index < -0.39 is 19.4 Å². The van der Waals surface area contributed by atoms with Gasteiger partial charge in [0.25, 0.3) is 0 Å². The molecule has 0 radical (unpaired) electrons. The van der Waals surface area contributed by atoms with Crippen LogP contribution in [-0.2, 0) is 15.0 Å². The Hall–Kier alpha value is -0.453. The monoisotopic (exact) mass is 214 g/mol. The number of rotatable bonds is 3. The molecule has 0 bridgehead atoms. The Balaban J connectivity index is 2.71. The van der Waals surface area contributed by atoms with Crippen molar-refractivity contribution in [1.29, 1.82) is 0 Å². The highest BCUT2D eigenvalue weighted by Crippen LogP contribution is 2.12. The summed E-state index contributed by atoms with van der Waals surface area (Å²) in [6, 6.07) is 9.25. The van der Waals surface area contributed by atoms with Gasteiger partial charge in [0.1, 0.15) is 0 Å². The molecule has 0 aliphatic heterocycles. The van der Waals surface area contributed by atoms with Crippen molar-refractivity contribution in [3.63, 3.8) is 0 Å². The van der Waals surface area contributed by atoms with Crippen molar-refractivity contribution in [2.24, 2.45) is 0 Å². The summed E-state index contributed by atoms with van der Waals surface area (Å²) in [5.74, 6) is 0. The summed E-state index contributed by atoms with van der Waals surface area (Å²) >= 11 is -1.29. The molecular formula is C9H14O2SSi. The minimum Gasteiger partial charge on any atom is -0.332 e. The zero-order valence-corrected chi connectivity index (χ0v) is 9.93. The van der Waals surface area contributed by atoms with Crippen LogP contribution in [0.25, 0.3) is 0 Å². The molecule has 0 aliphatic rings. The van der Waals surface area contributed by atoms with Crippen LogP contribution in [0, 0.1) is 0 Å². The van der Waals surface area contributed by atoms with Crippen LogP contribution in [0.4, 0.5) is 0 Å². The van der Waals surface area contributed by atoms with Crippen molar-refractivity contribution in [2.45, 2.75) is 24.5 Å². The second kappa shape index (κ2) is 4.17. The predicted octanol–water partition coefficient (Wildman–Crippen LogP) is 2.56. The molecule has 0 heterocycles. The van der Waals surface area contributed by atoms with E-state index in [9.17, 15) is 4.21 Å². The molecule has 0 aromatic heterocycles. The number of hydrogen-bond donors (Lipinski definition) is 0. The minimum absolute atomic E-state index is 0.741. The molecule has 1 aromatic rings. The lowest BCUT2D eigenvalue weighted by molar-refractivity contribution is 0.563. The summed E-state index contributed by atoms with van der Waals surface area (Å²) in [4.78, 5) is 0.741. The molecule has 1 atom stereocenters. The van der Waals surface area contributed by atoms with E-state index in [-0.39, 0.29) is 0 Å². The molecular weight excluding hydrogens is 200 g/mol. The van der Waals surface area contributed by atoms with Gasteiger partial charge in [-0.2, -0.15) is 0 Å². The first kappa shape index (κ1) is 10.6. The van der Waals surface area contributed by atoms with E-state index in [2.05, 4.69) is 0 Å². The second-order valence-corrected chi connectivity index (χ2v) is 9.58. The summed E-state index contributed by atoms with van der Waals surface area (Å²) in [6.45, 7) is 6.06. The molecule has 72 valence electrons. The van der Waals surface area contributed by atoms with Crippen molar-refractivity contribution in [2.75, 3.05) is 0 Å². The number of benzene rings is 1. The minimum atomic E-state index is -1.70. The van der Waals surface area contributed by atoms with Crippen molar-refractivity contribution in [3.05, 3.63) is 30.3 Å². The summed E-state index contributed by atoms with van der Waals surface area (Å²) in [7, 11) is -1.70. The van der Waals surface area contributed by atoms with E-state index in [0.717, 1.165) is 4.90 Å². The van der Waals surface area contributed by atoms with Crippen molar-refractivity contribution in [1.82, 2.24) is 0 Å². The maximum absolute atomic E-state index is 11.6. The van der Waals surface area contributed by atoms with E-state index >= 15 is 0 Å². The quantitative estimate of drug-likeness (QED) is 0.723. The van der Waals surface area contributed by atoms with Gasteiger partial charge in [-0.05, 0) is 31.8 Å². The molecule has 0 saturated heterocycles. The summed E-state index contributed by atoms with van der Waals surface area (Å²) in [5.41, 5.74) is 0. The van der Waals surface area contributed by atoms with Crippen LogP contribution in [0.5, 0.6) is 0 Å². The molecule has 0 saturated carbocycles. The predicted molar refractivity (Wildman–Crippen MR) is 57.3 cm³/mol. The van der Waals surface area contributed by atoms with Gasteiger partial charge in [-0.3, -0.25) is 0 Å². The summed E-state index contributed by atoms with van der Waals surface area (Å²) in [6.07, 6.45) is 0. The lowest BCUT2D eigenvalue weighted by atomic mass is 10.4. The van der Waals surface area contributed by atoms with Crippen LogP contribution >= 0.6 is 0 Å². The van der Waals surface area contributed by atoms with Gasteiger partial charge in [0.2, 0.25) is 8.32 Å². The Bertz CT molecular complexity index is 292. The Morgan fingerprint density at radius 1 is 1.15 bits per heavy atom. The van der Waals surface area contributed by atoms with E-state index in [1.54, 1.807) is 0 Å². The Morgan fingerprint density at radius 2 is 1.69 bits per heavy atom. The highest BCUT2D eigenvalue weighted by molar-refractivity contribution is 7.81. The van der Waals surface area contributed by atoms with Crippen molar-refractivity contribution in [3.8, 4) is 0 Å². The molecule has 0 N–H and O–H groups in total. The van der Waals surface area contributed by atoms with Crippen LogP contribution in [-0.4, -0.2) is 12.5 Å². The first-order chi connectivity index (χ1) is 5.99. The standard InChI is InChI=1S/C9H14O2SSi/c1-13(2,3)11-12(10)9-7-5-4-6-8-9/h4-8H,1-3H3/t12-/m0/s1. The molecule has 2 nitrogen and oxygen atoms in total. The zero-order chi connectivity index (χ0) is 9.90. The summed E-state index contributed by atoms with van der Waals surface area (Å²) < 4.78 is 17.0. The van der Waals surface area contributed by atoms with Crippen LogP contribution in [0.1, 0.15) is 0 Å². The van der Waals surface area contributed by atoms with Crippen LogP contribution in [0.2, 0.25) is 19.6 Å². The Labute approximate surface area is 82.7 Å². The highest BCUT2D eigenvalue weighted by Gasteiger charge is 2.19. The Morgan fingerprint density at radius 3 is 2.15 bits per heavy atom. The van der Waals surface area contributed by atoms with Gasteiger partial charge in [-0.1, -0.05) is 18.2 Å². The average Bonchev–Trinajstić information content (AvgIpc) is 2.03. The van der Waals surface area contributed by atoms with E-state index in [4.69, 9.17) is 3.87 Å². The topological polar surface area (TPSA) is 26.3 Å². The molecule has 0 amide bonds. The maximum atomic E-state index is 11.6. The van der Waals surface area contributed by atoms with Gasteiger partial charge >= 0.3 is 0 Å². The molecule has 1 aromatic carbocycles. The van der Waals surface area contributed by atoms with Crippen LogP contribution in [0.15, 0.2) is 35.2 Å². The van der Waals surface area contributed by atoms with E-state index in [1.807, 2.05) is 50.0 Å². The SMILES string of the molecule is C[Si](C)(C)O[S@](=O)c1ccccc1. The molecule has 0 unspecified atom stereocenters. The van der Waals surface area contributed by atoms with Crippen LogP contribution in [0.3, 0.4) is 0 Å². The molecule has 1 rings (SSSR count). The second-order valence-electron chi connectivity index (χ2n) is 3.74. The number of hydrogen-bond acceptors (Lipinski definition) is 2. The highest BCUT2D eigenvalue weighted by atomic mass is 32.2. The van der Waals surface area contributed by atoms with Gasteiger partial charge in [0, 0.05) is 0 Å². The van der Waals surface area contributed by atoms with Crippen LogP contribution < -0.4 is 0 Å². The van der Waals surface area contributed by atoms with E-state index in [0.29, 0.717) is 0 Å².